The van der Waals surface area contributed by atoms with Crippen molar-refractivity contribution in [3.63, 3.8) is 0 Å². The van der Waals surface area contributed by atoms with Gasteiger partial charge in [0.2, 0.25) is 12.6 Å². The van der Waals surface area contributed by atoms with Crippen LogP contribution in [0.4, 0.5) is 0 Å². The topological polar surface area (TPSA) is 84.4 Å². The first-order chi connectivity index (χ1) is 14.3. The molecule has 6 rings (SSSR count). The van der Waals surface area contributed by atoms with Gasteiger partial charge in [0.25, 0.3) is 5.89 Å². The van der Waals surface area contributed by atoms with Crippen LogP contribution in [-0.4, -0.2) is 26.7 Å². The van der Waals surface area contributed by atoms with Crippen molar-refractivity contribution in [2.75, 3.05) is 6.79 Å². The molecule has 0 saturated heterocycles. The quantitative estimate of drug-likeness (QED) is 0.530. The van der Waals surface area contributed by atoms with Gasteiger partial charge in [0.15, 0.2) is 17.2 Å². The minimum absolute atomic E-state index is 0.0247. The first kappa shape index (κ1) is 16.3. The SMILES string of the molecule is c1ccc([C@H]2Cn3nc(-c4nc(-c5ccc6c(c5)OCO6)no4)cc3CO2)cc1. The lowest BCUT2D eigenvalue weighted by Crippen LogP contribution is -2.21. The maximum absolute atomic E-state index is 6.00. The summed E-state index contributed by atoms with van der Waals surface area (Å²) in [5.41, 5.74) is 3.55. The Morgan fingerprint density at radius 1 is 0.966 bits per heavy atom. The lowest BCUT2D eigenvalue weighted by atomic mass is 10.1. The Kier molecular flexibility index (Phi) is 3.63. The van der Waals surface area contributed by atoms with Crippen molar-refractivity contribution in [3.8, 4) is 34.5 Å². The summed E-state index contributed by atoms with van der Waals surface area (Å²) in [7, 11) is 0. The zero-order valence-electron chi connectivity index (χ0n) is 15.3. The molecule has 144 valence electrons. The van der Waals surface area contributed by atoms with E-state index < -0.39 is 0 Å². The van der Waals surface area contributed by atoms with E-state index in [-0.39, 0.29) is 12.9 Å². The highest BCUT2D eigenvalue weighted by atomic mass is 16.7. The molecule has 0 saturated carbocycles. The number of hydrogen-bond acceptors (Lipinski definition) is 7. The summed E-state index contributed by atoms with van der Waals surface area (Å²) >= 11 is 0. The van der Waals surface area contributed by atoms with Crippen molar-refractivity contribution < 1.29 is 18.7 Å². The predicted octanol–water partition coefficient (Wildman–Crippen LogP) is 3.60. The van der Waals surface area contributed by atoms with Crippen LogP contribution in [0.2, 0.25) is 0 Å². The third kappa shape index (κ3) is 2.85. The Hall–Kier alpha value is -3.65. The molecule has 2 aliphatic rings. The lowest BCUT2D eigenvalue weighted by Gasteiger charge is -2.24. The molecule has 4 aromatic rings. The highest BCUT2D eigenvalue weighted by Gasteiger charge is 2.24. The average molecular weight is 388 g/mol. The van der Waals surface area contributed by atoms with Gasteiger partial charge in [0.05, 0.1) is 18.8 Å². The van der Waals surface area contributed by atoms with E-state index in [1.54, 1.807) is 0 Å². The second-order valence-corrected chi connectivity index (χ2v) is 6.90. The number of aromatic nitrogens is 4. The average Bonchev–Trinajstić information content (AvgIpc) is 3.51. The standard InChI is InChI=1S/C21H16N4O4/c1-2-4-13(5-3-1)19-10-25-15(11-26-19)9-16(23-25)21-22-20(24-29-21)14-6-7-17-18(8-14)28-12-27-17/h1-9,19H,10-12H2/t19-/m1/s1. The van der Waals surface area contributed by atoms with E-state index in [4.69, 9.17) is 18.7 Å². The van der Waals surface area contributed by atoms with Crippen LogP contribution < -0.4 is 9.47 Å². The van der Waals surface area contributed by atoms with Crippen LogP contribution in [0.5, 0.6) is 11.5 Å². The molecule has 1 atom stereocenters. The monoisotopic (exact) mass is 388 g/mol. The van der Waals surface area contributed by atoms with Crippen LogP contribution in [0.3, 0.4) is 0 Å². The van der Waals surface area contributed by atoms with Crippen LogP contribution in [0.25, 0.3) is 23.0 Å². The van der Waals surface area contributed by atoms with Gasteiger partial charge in [-0.05, 0) is 29.8 Å². The molecular weight excluding hydrogens is 372 g/mol. The lowest BCUT2D eigenvalue weighted by molar-refractivity contribution is -0.00113. The third-order valence-corrected chi connectivity index (χ3v) is 5.08. The predicted molar refractivity (Wildman–Crippen MR) is 101 cm³/mol. The molecule has 0 fully saturated rings. The van der Waals surface area contributed by atoms with E-state index in [0.29, 0.717) is 42.1 Å². The van der Waals surface area contributed by atoms with Crippen LogP contribution in [0.15, 0.2) is 59.1 Å². The fraction of sp³-hybridized carbons (Fsp3) is 0.190. The van der Waals surface area contributed by atoms with Crippen molar-refractivity contribution >= 4 is 0 Å². The van der Waals surface area contributed by atoms with E-state index in [9.17, 15) is 0 Å². The van der Waals surface area contributed by atoms with Gasteiger partial charge in [0.1, 0.15) is 6.10 Å². The van der Waals surface area contributed by atoms with Crippen molar-refractivity contribution in [2.24, 2.45) is 0 Å². The number of rotatable bonds is 3. The van der Waals surface area contributed by atoms with Crippen molar-refractivity contribution in [1.29, 1.82) is 0 Å². The molecule has 2 aromatic heterocycles. The van der Waals surface area contributed by atoms with Crippen molar-refractivity contribution in [3.05, 3.63) is 65.9 Å². The van der Waals surface area contributed by atoms with E-state index in [0.717, 1.165) is 16.8 Å². The molecule has 2 aliphatic heterocycles. The fourth-order valence-electron chi connectivity index (χ4n) is 3.58. The molecule has 4 heterocycles. The summed E-state index contributed by atoms with van der Waals surface area (Å²) in [6.07, 6.45) is -0.0247. The van der Waals surface area contributed by atoms with Crippen LogP contribution in [-0.2, 0) is 17.9 Å². The largest absolute Gasteiger partial charge is 0.454 e. The molecule has 0 bridgehead atoms. The summed E-state index contributed by atoms with van der Waals surface area (Å²) in [5, 5.41) is 8.75. The Labute approximate surface area is 165 Å². The number of hydrogen-bond donors (Lipinski definition) is 0. The molecule has 0 N–H and O–H groups in total. The molecule has 0 radical (unpaired) electrons. The van der Waals surface area contributed by atoms with Gasteiger partial charge in [-0.15, -0.1) is 0 Å². The first-order valence-electron chi connectivity index (χ1n) is 9.31. The number of fused-ring (bicyclic) bond motifs is 2. The molecule has 0 spiro atoms. The van der Waals surface area contributed by atoms with E-state index in [1.807, 2.05) is 47.1 Å². The van der Waals surface area contributed by atoms with Crippen LogP contribution >= 0.6 is 0 Å². The second-order valence-electron chi connectivity index (χ2n) is 6.90. The molecular formula is C21H16N4O4. The van der Waals surface area contributed by atoms with Crippen molar-refractivity contribution in [2.45, 2.75) is 19.3 Å². The smallest absolute Gasteiger partial charge is 0.278 e. The minimum atomic E-state index is -0.0247. The van der Waals surface area contributed by atoms with E-state index in [2.05, 4.69) is 27.4 Å². The molecule has 2 aromatic carbocycles. The number of ether oxygens (including phenoxy) is 3. The number of benzene rings is 2. The summed E-state index contributed by atoms with van der Waals surface area (Å²) < 4.78 is 24.2. The fourth-order valence-corrected chi connectivity index (χ4v) is 3.58. The summed E-state index contributed by atoms with van der Waals surface area (Å²) in [5.74, 6) is 2.24. The van der Waals surface area contributed by atoms with E-state index in [1.165, 1.54) is 0 Å². The third-order valence-electron chi connectivity index (χ3n) is 5.08. The normalized spacial score (nSPS) is 17.3. The minimum Gasteiger partial charge on any atom is -0.454 e. The molecule has 0 amide bonds. The summed E-state index contributed by atoms with van der Waals surface area (Å²) in [6.45, 7) is 1.35. The number of nitrogens with zero attached hydrogens (tertiary/aromatic N) is 4. The maximum Gasteiger partial charge on any atom is 0.278 e. The van der Waals surface area contributed by atoms with Crippen LogP contribution in [0.1, 0.15) is 17.4 Å². The van der Waals surface area contributed by atoms with Crippen LogP contribution in [0, 0.1) is 0 Å². The highest BCUT2D eigenvalue weighted by Crippen LogP contribution is 2.35. The Balaban J connectivity index is 1.27. The Morgan fingerprint density at radius 3 is 2.79 bits per heavy atom. The Bertz CT molecular complexity index is 1180. The second kappa shape index (κ2) is 6.46. The first-order valence-corrected chi connectivity index (χ1v) is 9.31. The maximum atomic E-state index is 6.00. The molecule has 29 heavy (non-hydrogen) atoms. The van der Waals surface area contributed by atoms with E-state index >= 15 is 0 Å². The molecule has 8 heteroatoms. The zero-order chi connectivity index (χ0) is 19.2. The van der Waals surface area contributed by atoms with Gasteiger partial charge in [-0.2, -0.15) is 10.1 Å². The van der Waals surface area contributed by atoms with Gasteiger partial charge in [-0.3, -0.25) is 4.68 Å². The summed E-state index contributed by atoms with van der Waals surface area (Å²) in [6, 6.07) is 17.6. The highest BCUT2D eigenvalue weighted by molar-refractivity contribution is 5.63. The van der Waals surface area contributed by atoms with Gasteiger partial charge in [-0.25, -0.2) is 0 Å². The van der Waals surface area contributed by atoms with Crippen molar-refractivity contribution in [1.82, 2.24) is 19.9 Å². The molecule has 8 nitrogen and oxygen atoms in total. The molecule has 0 unspecified atom stereocenters. The summed E-state index contributed by atoms with van der Waals surface area (Å²) in [4.78, 5) is 4.51. The van der Waals surface area contributed by atoms with Gasteiger partial charge >= 0.3 is 0 Å². The Morgan fingerprint density at radius 2 is 1.86 bits per heavy atom. The molecule has 0 aliphatic carbocycles. The zero-order valence-corrected chi connectivity index (χ0v) is 15.3. The van der Waals surface area contributed by atoms with Gasteiger partial charge in [0, 0.05) is 5.56 Å². The van der Waals surface area contributed by atoms with Gasteiger partial charge in [-0.1, -0.05) is 35.5 Å². The van der Waals surface area contributed by atoms with Gasteiger partial charge < -0.3 is 18.7 Å².